The van der Waals surface area contributed by atoms with Crippen LogP contribution in [-0.2, 0) is 19.5 Å². The first kappa shape index (κ1) is 23.5. The number of hydrogen-bond donors (Lipinski definition) is 1. The van der Waals surface area contributed by atoms with Crippen LogP contribution in [0.4, 0.5) is 0 Å². The number of nitrogens with one attached hydrogen (secondary N) is 1. The molecule has 0 spiro atoms. The smallest absolute Gasteiger partial charge is 0.271 e. The molecule has 2 aromatic carbocycles. The van der Waals surface area contributed by atoms with Gasteiger partial charge in [0.1, 0.15) is 11.5 Å². The Kier molecular flexibility index (Phi) is 8.19. The van der Waals surface area contributed by atoms with E-state index in [-0.39, 0.29) is 5.91 Å². The van der Waals surface area contributed by atoms with Gasteiger partial charge in [-0.25, -0.2) is 4.98 Å². The van der Waals surface area contributed by atoms with Crippen LogP contribution < -0.4 is 5.32 Å². The van der Waals surface area contributed by atoms with Crippen molar-refractivity contribution in [3.63, 3.8) is 0 Å². The summed E-state index contributed by atoms with van der Waals surface area (Å²) in [6.45, 7) is 6.60. The molecular weight excluding hydrogens is 432 g/mol. The highest BCUT2D eigenvalue weighted by Crippen LogP contribution is 2.28. The number of fused-ring (bicyclic) bond motifs is 1. The van der Waals surface area contributed by atoms with E-state index in [4.69, 9.17) is 16.6 Å². The van der Waals surface area contributed by atoms with Crippen LogP contribution in [0.5, 0.6) is 0 Å². The van der Waals surface area contributed by atoms with Crippen LogP contribution in [0.3, 0.4) is 0 Å². The van der Waals surface area contributed by atoms with E-state index in [1.54, 1.807) is 0 Å². The predicted octanol–water partition coefficient (Wildman–Crippen LogP) is 5.57. The molecule has 1 aliphatic rings. The summed E-state index contributed by atoms with van der Waals surface area (Å²) in [5.41, 5.74) is 3.97. The lowest BCUT2D eigenvalue weighted by atomic mass is 10.1. The molecule has 4 rings (SSSR count). The maximum atomic E-state index is 13.1. The second kappa shape index (κ2) is 11.5. The molecule has 0 saturated carbocycles. The van der Waals surface area contributed by atoms with Crippen molar-refractivity contribution in [2.24, 2.45) is 0 Å². The Morgan fingerprint density at radius 1 is 1.09 bits per heavy atom. The predicted molar refractivity (Wildman–Crippen MR) is 135 cm³/mol. The van der Waals surface area contributed by atoms with Gasteiger partial charge in [-0.1, -0.05) is 55.3 Å². The summed E-state index contributed by atoms with van der Waals surface area (Å²) in [5, 5.41) is 3.83. The Bertz CT molecular complexity index is 1050. The number of nitrogens with zero attached hydrogens (tertiary/aromatic N) is 3. The zero-order valence-electron chi connectivity index (χ0n) is 19.4. The van der Waals surface area contributed by atoms with Crippen LogP contribution in [0.25, 0.3) is 11.4 Å². The third-order valence-electron chi connectivity index (χ3n) is 6.32. The first-order valence-corrected chi connectivity index (χ1v) is 12.4. The summed E-state index contributed by atoms with van der Waals surface area (Å²) in [6.07, 6.45) is 5.18. The van der Waals surface area contributed by atoms with E-state index >= 15 is 0 Å². The fourth-order valence-corrected chi connectivity index (χ4v) is 4.63. The van der Waals surface area contributed by atoms with Gasteiger partial charge in [0.15, 0.2) is 0 Å². The number of carbonyl (C=O) groups excluding carboxylic acids is 1. The zero-order valence-corrected chi connectivity index (χ0v) is 20.2. The van der Waals surface area contributed by atoms with Crippen molar-refractivity contribution in [2.75, 3.05) is 19.6 Å². The van der Waals surface area contributed by atoms with Gasteiger partial charge in [-0.05, 0) is 62.1 Å². The first-order valence-electron chi connectivity index (χ1n) is 12.1. The maximum Gasteiger partial charge on any atom is 0.271 e. The number of aromatic nitrogens is 2. The van der Waals surface area contributed by atoms with Gasteiger partial charge in [-0.2, -0.15) is 0 Å². The van der Waals surface area contributed by atoms with Gasteiger partial charge in [0.25, 0.3) is 5.91 Å². The summed E-state index contributed by atoms with van der Waals surface area (Å²) in [7, 11) is 0. The van der Waals surface area contributed by atoms with Crippen LogP contribution in [0, 0.1) is 0 Å². The van der Waals surface area contributed by atoms with Crippen molar-refractivity contribution in [2.45, 2.75) is 52.1 Å². The number of hydrogen-bond acceptors (Lipinski definition) is 3. The van der Waals surface area contributed by atoms with Gasteiger partial charge < -0.3 is 9.88 Å². The molecule has 6 heteroatoms. The summed E-state index contributed by atoms with van der Waals surface area (Å²) in [6, 6.07) is 18.2. The molecule has 0 unspecified atom stereocenters. The molecule has 0 bridgehead atoms. The van der Waals surface area contributed by atoms with E-state index in [9.17, 15) is 4.79 Å². The molecule has 2 heterocycles. The van der Waals surface area contributed by atoms with E-state index in [2.05, 4.69) is 46.0 Å². The van der Waals surface area contributed by atoms with Crippen molar-refractivity contribution in [3.8, 4) is 11.4 Å². The largest absolute Gasteiger partial charge is 0.351 e. The second-order valence-electron chi connectivity index (χ2n) is 8.66. The third-order valence-corrected chi connectivity index (χ3v) is 6.57. The highest BCUT2D eigenvalue weighted by Gasteiger charge is 2.24. The van der Waals surface area contributed by atoms with Gasteiger partial charge in [0.05, 0.1) is 5.69 Å². The van der Waals surface area contributed by atoms with Crippen LogP contribution >= 0.6 is 11.6 Å². The third kappa shape index (κ3) is 6.04. The quantitative estimate of drug-likeness (QED) is 0.421. The summed E-state index contributed by atoms with van der Waals surface area (Å²) >= 11 is 6.08. The minimum absolute atomic E-state index is 0.0630. The lowest BCUT2D eigenvalue weighted by Gasteiger charge is -2.20. The molecule has 3 aromatic rings. The summed E-state index contributed by atoms with van der Waals surface area (Å²) in [4.78, 5) is 20.3. The molecular formula is C27H33ClN4O. The monoisotopic (exact) mass is 464 g/mol. The van der Waals surface area contributed by atoms with Crippen molar-refractivity contribution in [3.05, 3.63) is 76.6 Å². The molecule has 5 nitrogen and oxygen atoms in total. The molecule has 0 saturated heterocycles. The Hall–Kier alpha value is -2.63. The van der Waals surface area contributed by atoms with Crippen molar-refractivity contribution < 1.29 is 4.79 Å². The van der Waals surface area contributed by atoms with Crippen molar-refractivity contribution in [1.82, 2.24) is 19.8 Å². The SMILES string of the molecule is CCN(CCCNC(=O)c1nc(-c2ccc(Cl)cc2)n2c1CCCCC2)Cc1ccccc1. The molecule has 1 aromatic heterocycles. The standard InChI is InChI=1S/C27H33ClN4O/c1-2-31(20-21-10-5-3-6-11-21)18-9-17-29-27(33)25-24-12-7-4-8-19-32(24)26(30-25)22-13-15-23(28)16-14-22/h3,5-6,10-11,13-16H,2,4,7-9,12,17-20H2,1H3,(H,29,33). The lowest BCUT2D eigenvalue weighted by molar-refractivity contribution is 0.0946. The minimum Gasteiger partial charge on any atom is -0.351 e. The highest BCUT2D eigenvalue weighted by molar-refractivity contribution is 6.30. The maximum absolute atomic E-state index is 13.1. The van der Waals surface area contributed by atoms with Gasteiger partial charge in [0.2, 0.25) is 0 Å². The topological polar surface area (TPSA) is 50.2 Å². The van der Waals surface area contributed by atoms with Gasteiger partial charge in [-0.3, -0.25) is 9.69 Å². The molecule has 1 N–H and O–H groups in total. The number of halogens is 1. The molecule has 0 fully saturated rings. The fraction of sp³-hybridized carbons (Fsp3) is 0.407. The number of carbonyl (C=O) groups is 1. The average molecular weight is 465 g/mol. The molecule has 174 valence electrons. The summed E-state index contributed by atoms with van der Waals surface area (Å²) in [5.74, 6) is 0.806. The van der Waals surface area contributed by atoms with E-state index in [1.165, 1.54) is 12.0 Å². The molecule has 1 amide bonds. The van der Waals surface area contributed by atoms with Gasteiger partial charge in [-0.15, -0.1) is 0 Å². The van der Waals surface area contributed by atoms with E-state index in [1.807, 2.05) is 30.3 Å². The Morgan fingerprint density at radius 3 is 2.64 bits per heavy atom. The molecule has 33 heavy (non-hydrogen) atoms. The molecule has 1 aliphatic heterocycles. The number of imidazole rings is 1. The van der Waals surface area contributed by atoms with Crippen LogP contribution in [-0.4, -0.2) is 40.0 Å². The van der Waals surface area contributed by atoms with Crippen LogP contribution in [0.2, 0.25) is 5.02 Å². The first-order chi connectivity index (χ1) is 16.2. The molecule has 0 aliphatic carbocycles. The van der Waals surface area contributed by atoms with Gasteiger partial charge >= 0.3 is 0 Å². The average Bonchev–Trinajstić information content (AvgIpc) is 3.03. The van der Waals surface area contributed by atoms with E-state index in [0.29, 0.717) is 17.3 Å². The van der Waals surface area contributed by atoms with Crippen molar-refractivity contribution in [1.29, 1.82) is 0 Å². The Balaban J connectivity index is 1.40. The second-order valence-corrected chi connectivity index (χ2v) is 9.10. The van der Waals surface area contributed by atoms with Crippen LogP contribution in [0.1, 0.15) is 54.4 Å². The number of benzene rings is 2. The molecule has 0 atom stereocenters. The van der Waals surface area contributed by atoms with Crippen molar-refractivity contribution >= 4 is 17.5 Å². The normalized spacial score (nSPS) is 13.5. The summed E-state index contributed by atoms with van der Waals surface area (Å²) < 4.78 is 2.24. The van der Waals surface area contributed by atoms with Crippen LogP contribution in [0.15, 0.2) is 54.6 Å². The number of amides is 1. The number of rotatable bonds is 9. The lowest BCUT2D eigenvalue weighted by Crippen LogP contribution is -2.30. The van der Waals surface area contributed by atoms with Gasteiger partial charge in [0, 0.05) is 36.8 Å². The Labute approximate surface area is 201 Å². The van der Waals surface area contributed by atoms with E-state index < -0.39 is 0 Å². The Morgan fingerprint density at radius 2 is 1.88 bits per heavy atom. The highest BCUT2D eigenvalue weighted by atomic mass is 35.5. The zero-order chi connectivity index (χ0) is 23.0. The fourth-order valence-electron chi connectivity index (χ4n) is 4.50. The molecule has 0 radical (unpaired) electrons. The minimum atomic E-state index is -0.0630. The van der Waals surface area contributed by atoms with E-state index in [0.717, 1.165) is 68.9 Å².